The number of benzene rings is 2. The van der Waals surface area contributed by atoms with E-state index < -0.39 is 53.8 Å². The van der Waals surface area contributed by atoms with Crippen molar-refractivity contribution in [3.63, 3.8) is 0 Å². The molecule has 0 saturated heterocycles. The van der Waals surface area contributed by atoms with E-state index in [1.54, 1.807) is 24.3 Å². The van der Waals surface area contributed by atoms with Crippen molar-refractivity contribution in [2.24, 2.45) is 11.5 Å². The van der Waals surface area contributed by atoms with Crippen molar-refractivity contribution < 1.29 is 29.1 Å². The van der Waals surface area contributed by atoms with Crippen LogP contribution in [0.4, 0.5) is 0 Å². The molecule has 8 N–H and O–H groups in total. The average Bonchev–Trinajstić information content (AvgIpc) is 2.93. The second kappa shape index (κ2) is 16.9. The first-order chi connectivity index (χ1) is 19.1. The Bertz CT molecular complexity index is 1130. The molecule has 0 heterocycles. The van der Waals surface area contributed by atoms with Crippen LogP contribution in [0.25, 0.3) is 0 Å². The number of aliphatic carboxylic acids is 1. The number of nitrogens with one attached hydrogen (secondary N) is 3. The second-order valence-corrected chi connectivity index (χ2v) is 10.3. The van der Waals surface area contributed by atoms with Crippen LogP contribution >= 0.6 is 11.8 Å². The summed E-state index contributed by atoms with van der Waals surface area (Å²) in [7, 11) is 0. The van der Waals surface area contributed by atoms with Crippen molar-refractivity contribution in [3.8, 4) is 0 Å². The van der Waals surface area contributed by atoms with Gasteiger partial charge in [0.25, 0.3) is 0 Å². The van der Waals surface area contributed by atoms with Gasteiger partial charge in [-0.3, -0.25) is 19.2 Å². The van der Waals surface area contributed by atoms with Gasteiger partial charge in [-0.2, -0.15) is 11.8 Å². The van der Waals surface area contributed by atoms with Gasteiger partial charge in [0.2, 0.25) is 23.6 Å². The lowest BCUT2D eigenvalue weighted by atomic mass is 10.0. The molecule has 0 spiro atoms. The maximum atomic E-state index is 13.4. The zero-order valence-corrected chi connectivity index (χ0v) is 23.2. The number of nitrogens with two attached hydrogens (primary N) is 2. The Hall–Kier alpha value is -3.90. The van der Waals surface area contributed by atoms with E-state index in [4.69, 9.17) is 11.5 Å². The van der Waals surface area contributed by atoms with Gasteiger partial charge in [0.05, 0.1) is 6.04 Å². The highest BCUT2D eigenvalue weighted by atomic mass is 32.2. The maximum absolute atomic E-state index is 13.4. The fourth-order valence-corrected chi connectivity index (χ4v) is 4.36. The van der Waals surface area contributed by atoms with Crippen molar-refractivity contribution in [2.75, 3.05) is 12.0 Å². The van der Waals surface area contributed by atoms with Crippen molar-refractivity contribution in [1.29, 1.82) is 0 Å². The van der Waals surface area contributed by atoms with Gasteiger partial charge in [-0.25, -0.2) is 4.79 Å². The minimum Gasteiger partial charge on any atom is -0.480 e. The summed E-state index contributed by atoms with van der Waals surface area (Å²) in [6.07, 6.45) is 1.96. The summed E-state index contributed by atoms with van der Waals surface area (Å²) < 4.78 is 0. The quantitative estimate of drug-likeness (QED) is 0.157. The predicted octanol–water partition coefficient (Wildman–Crippen LogP) is 0.357. The molecule has 0 aliphatic carbocycles. The lowest BCUT2D eigenvalue weighted by Crippen LogP contribution is -2.58. The van der Waals surface area contributed by atoms with Gasteiger partial charge >= 0.3 is 5.97 Å². The Morgan fingerprint density at radius 3 is 1.77 bits per heavy atom. The summed E-state index contributed by atoms with van der Waals surface area (Å²) in [4.78, 5) is 62.5. The van der Waals surface area contributed by atoms with Gasteiger partial charge in [-0.1, -0.05) is 60.7 Å². The second-order valence-electron chi connectivity index (χ2n) is 9.29. The van der Waals surface area contributed by atoms with E-state index in [9.17, 15) is 29.1 Å². The maximum Gasteiger partial charge on any atom is 0.326 e. The van der Waals surface area contributed by atoms with E-state index in [0.29, 0.717) is 5.75 Å². The van der Waals surface area contributed by atoms with Gasteiger partial charge in [0, 0.05) is 12.8 Å². The Morgan fingerprint density at radius 1 is 0.750 bits per heavy atom. The SMILES string of the molecule is CSCCC(NC(=O)C(CCC(N)=O)NC(=O)C(Cc1ccccc1)NC(=O)C(N)Cc1ccccc1)C(=O)O. The van der Waals surface area contributed by atoms with Crippen LogP contribution in [0.3, 0.4) is 0 Å². The third-order valence-electron chi connectivity index (χ3n) is 6.09. The number of rotatable bonds is 17. The van der Waals surface area contributed by atoms with E-state index in [0.717, 1.165) is 11.1 Å². The largest absolute Gasteiger partial charge is 0.480 e. The standard InChI is InChI=1S/C28H37N5O6S/c1-40-15-14-22(28(38)39)32-26(36)21(12-13-24(30)34)31-27(37)23(17-19-10-6-3-7-11-19)33-25(35)20(29)16-18-8-4-2-5-9-18/h2-11,20-23H,12-17,29H2,1H3,(H2,30,34)(H,31,37)(H,32,36)(H,33,35)(H,38,39). The lowest BCUT2D eigenvalue weighted by Gasteiger charge is -2.25. The third-order valence-corrected chi connectivity index (χ3v) is 6.73. The average molecular weight is 572 g/mol. The first-order valence-electron chi connectivity index (χ1n) is 12.8. The fraction of sp³-hybridized carbons (Fsp3) is 0.393. The molecule has 4 unspecified atom stereocenters. The molecule has 0 aliphatic heterocycles. The molecule has 2 rings (SSSR count). The molecule has 12 heteroatoms. The molecule has 2 aromatic rings. The van der Waals surface area contributed by atoms with Crippen LogP contribution in [0.1, 0.15) is 30.4 Å². The van der Waals surface area contributed by atoms with Gasteiger partial charge < -0.3 is 32.5 Å². The van der Waals surface area contributed by atoms with E-state index in [2.05, 4.69) is 16.0 Å². The smallest absolute Gasteiger partial charge is 0.326 e. The highest BCUT2D eigenvalue weighted by Crippen LogP contribution is 2.08. The minimum absolute atomic E-state index is 0.103. The summed E-state index contributed by atoms with van der Waals surface area (Å²) in [6.45, 7) is 0. The molecule has 4 amide bonds. The van der Waals surface area contributed by atoms with Crippen LogP contribution in [0.15, 0.2) is 60.7 Å². The van der Waals surface area contributed by atoms with Crippen molar-refractivity contribution in [3.05, 3.63) is 71.8 Å². The highest BCUT2D eigenvalue weighted by Gasteiger charge is 2.30. The highest BCUT2D eigenvalue weighted by molar-refractivity contribution is 7.98. The molecule has 0 aliphatic rings. The molecule has 0 saturated carbocycles. The van der Waals surface area contributed by atoms with Crippen LogP contribution < -0.4 is 27.4 Å². The van der Waals surface area contributed by atoms with Crippen molar-refractivity contribution in [2.45, 2.75) is 56.3 Å². The van der Waals surface area contributed by atoms with E-state index in [-0.39, 0.29) is 32.1 Å². The summed E-state index contributed by atoms with van der Waals surface area (Å²) in [5.74, 6) is -3.43. The van der Waals surface area contributed by atoms with E-state index in [1.165, 1.54) is 11.8 Å². The number of carboxylic acids is 1. The number of carbonyl (C=O) groups excluding carboxylic acids is 4. The normalized spacial score (nSPS) is 13.8. The molecule has 0 bridgehead atoms. The molecule has 2 aromatic carbocycles. The van der Waals surface area contributed by atoms with Crippen molar-refractivity contribution >= 4 is 41.4 Å². The predicted molar refractivity (Wildman–Crippen MR) is 153 cm³/mol. The van der Waals surface area contributed by atoms with Gasteiger partial charge in [0.1, 0.15) is 18.1 Å². The Kier molecular flexibility index (Phi) is 13.7. The van der Waals surface area contributed by atoms with Gasteiger partial charge in [0.15, 0.2) is 0 Å². The monoisotopic (exact) mass is 571 g/mol. The molecular weight excluding hydrogens is 534 g/mol. The number of primary amides is 1. The van der Waals surface area contributed by atoms with E-state index in [1.807, 2.05) is 42.7 Å². The van der Waals surface area contributed by atoms with Gasteiger partial charge in [-0.05, 0) is 42.4 Å². The van der Waals surface area contributed by atoms with Crippen LogP contribution in [-0.4, -0.2) is 70.9 Å². The number of amides is 4. The van der Waals surface area contributed by atoms with Crippen LogP contribution in [-0.2, 0) is 36.8 Å². The third kappa shape index (κ3) is 11.5. The molecule has 0 fully saturated rings. The zero-order valence-electron chi connectivity index (χ0n) is 22.4. The molecule has 216 valence electrons. The number of carbonyl (C=O) groups is 5. The fourth-order valence-electron chi connectivity index (χ4n) is 3.89. The summed E-state index contributed by atoms with van der Waals surface area (Å²) in [6, 6.07) is 13.7. The minimum atomic E-state index is -1.26. The molecule has 0 aromatic heterocycles. The summed E-state index contributed by atoms with van der Waals surface area (Å²) in [5.41, 5.74) is 13.0. The topological polar surface area (TPSA) is 194 Å². The summed E-state index contributed by atoms with van der Waals surface area (Å²) >= 11 is 1.42. The first-order valence-corrected chi connectivity index (χ1v) is 14.2. The molecule has 40 heavy (non-hydrogen) atoms. The number of thioether (sulfide) groups is 1. The Balaban J connectivity index is 2.21. The van der Waals surface area contributed by atoms with Crippen molar-refractivity contribution in [1.82, 2.24) is 16.0 Å². The van der Waals surface area contributed by atoms with Gasteiger partial charge in [-0.15, -0.1) is 0 Å². The Morgan fingerprint density at radius 2 is 1.25 bits per heavy atom. The molecule has 11 nitrogen and oxygen atoms in total. The molecular formula is C28H37N5O6S. The summed E-state index contributed by atoms with van der Waals surface area (Å²) in [5, 5.41) is 17.2. The number of hydrogen-bond acceptors (Lipinski definition) is 7. The Labute approximate surface area is 237 Å². The van der Waals surface area contributed by atoms with Crippen LogP contribution in [0.2, 0.25) is 0 Å². The zero-order chi connectivity index (χ0) is 29.5. The number of hydrogen-bond donors (Lipinski definition) is 6. The number of carboxylic acid groups (broad SMARTS) is 1. The lowest BCUT2D eigenvalue weighted by molar-refractivity contribution is -0.142. The van der Waals surface area contributed by atoms with E-state index >= 15 is 0 Å². The van der Waals surface area contributed by atoms with Crippen LogP contribution in [0, 0.1) is 0 Å². The first kappa shape index (κ1) is 32.3. The molecule has 4 atom stereocenters. The molecule has 0 radical (unpaired) electrons. The van der Waals surface area contributed by atoms with Crippen LogP contribution in [0.5, 0.6) is 0 Å².